The molecule has 2 aliphatic carbocycles. The highest BCUT2D eigenvalue weighted by molar-refractivity contribution is 6.02. The number of aromatic amines is 2. The Morgan fingerprint density at radius 1 is 0.842 bits per heavy atom. The Hall–Kier alpha value is -5.80. The van der Waals surface area contributed by atoms with Crippen molar-refractivity contribution in [2.75, 3.05) is 25.6 Å². The van der Waals surface area contributed by atoms with Gasteiger partial charge in [0.05, 0.1) is 13.5 Å². The highest BCUT2D eigenvalue weighted by Gasteiger charge is 2.39. The summed E-state index contributed by atoms with van der Waals surface area (Å²) in [5.74, 6) is 0.855. The van der Waals surface area contributed by atoms with E-state index in [9.17, 15) is 24.9 Å². The number of Topliss-reactive ketones (excluding diaryl/α,β-unsaturated/α-hetero) is 2. The average molecular weight is 766 g/mol. The van der Waals surface area contributed by atoms with Crippen LogP contribution >= 0.6 is 0 Å². The molecular formula is C48H51N3O6. The number of H-pyrrole nitrogens is 2. The number of phenols is 2. The second-order valence-corrected chi connectivity index (χ2v) is 15.9. The van der Waals surface area contributed by atoms with Crippen molar-refractivity contribution >= 4 is 29.5 Å². The SMILES string of the molecule is COc1cc2cc(c1O)Cc1ccc(CCCO)c(c1)Cc1cc[nH]c1NCC1=Cc3[nH]ccc3C(CC3C=Cc4c(O)cccc4CC3)C1C(=O)CC(=O)CC2. The van der Waals surface area contributed by atoms with Crippen molar-refractivity contribution in [3.63, 3.8) is 0 Å². The van der Waals surface area contributed by atoms with Gasteiger partial charge in [-0.05, 0) is 119 Å². The molecule has 9 heteroatoms. The van der Waals surface area contributed by atoms with E-state index < -0.39 is 5.92 Å². The molecule has 2 aromatic heterocycles. The fraction of sp³-hybridized carbons (Fsp3) is 0.333. The maximum Gasteiger partial charge on any atom is 0.161 e. The highest BCUT2D eigenvalue weighted by Crippen LogP contribution is 2.45. The first kappa shape index (κ1) is 38.1. The third-order valence-electron chi connectivity index (χ3n) is 12.2. The number of hydrogen-bond donors (Lipinski definition) is 6. The number of ether oxygens (including phenoxy) is 1. The Labute approximate surface area is 333 Å². The summed E-state index contributed by atoms with van der Waals surface area (Å²) in [6, 6.07) is 19.9. The van der Waals surface area contributed by atoms with E-state index in [0.717, 1.165) is 87.3 Å². The number of fused-ring (bicyclic) bond motifs is 8. The van der Waals surface area contributed by atoms with Gasteiger partial charge in [-0.1, -0.05) is 48.6 Å². The van der Waals surface area contributed by atoms with Crippen molar-refractivity contribution in [3.8, 4) is 17.2 Å². The van der Waals surface area contributed by atoms with E-state index in [4.69, 9.17) is 4.74 Å². The number of aryl methyl sites for hydroxylation is 3. The molecule has 0 fully saturated rings. The maximum atomic E-state index is 14.7. The minimum absolute atomic E-state index is 0.0765. The summed E-state index contributed by atoms with van der Waals surface area (Å²) in [6.45, 7) is 0.517. The summed E-state index contributed by atoms with van der Waals surface area (Å²) in [4.78, 5) is 35.3. The number of methoxy groups -OCH3 is 1. The van der Waals surface area contributed by atoms with Crippen LogP contribution < -0.4 is 10.1 Å². The van der Waals surface area contributed by atoms with E-state index in [1.165, 1.54) is 7.11 Å². The van der Waals surface area contributed by atoms with Gasteiger partial charge in [-0.25, -0.2) is 0 Å². The number of hydrogen-bond acceptors (Lipinski definition) is 7. The van der Waals surface area contributed by atoms with Crippen LogP contribution in [0, 0.1) is 11.8 Å². The van der Waals surface area contributed by atoms with Gasteiger partial charge in [0.2, 0.25) is 0 Å². The molecule has 0 amide bonds. The minimum Gasteiger partial charge on any atom is -0.507 e. The van der Waals surface area contributed by atoms with Crippen LogP contribution in [0.25, 0.3) is 12.2 Å². The molecule has 0 spiro atoms. The second kappa shape index (κ2) is 16.7. The van der Waals surface area contributed by atoms with Crippen LogP contribution in [0.4, 0.5) is 5.82 Å². The molecule has 0 radical (unpaired) electrons. The predicted octanol–water partition coefficient (Wildman–Crippen LogP) is 8.22. The fourth-order valence-electron chi connectivity index (χ4n) is 9.25. The van der Waals surface area contributed by atoms with Gasteiger partial charge >= 0.3 is 0 Å². The lowest BCUT2D eigenvalue weighted by molar-refractivity contribution is -0.129. The molecule has 8 rings (SSSR count). The van der Waals surface area contributed by atoms with Crippen molar-refractivity contribution in [3.05, 3.63) is 140 Å². The number of phenolic OH excluding ortho intramolecular Hbond substituents is 2. The Bertz CT molecular complexity index is 2350. The molecule has 5 aromatic rings. The molecule has 3 atom stereocenters. The predicted molar refractivity (Wildman–Crippen MR) is 223 cm³/mol. The van der Waals surface area contributed by atoms with Gasteiger partial charge in [-0.15, -0.1) is 0 Å². The quantitative estimate of drug-likeness (QED) is 0.0955. The molecule has 4 bridgehead atoms. The monoisotopic (exact) mass is 765 g/mol. The summed E-state index contributed by atoms with van der Waals surface area (Å²) in [7, 11) is 1.53. The number of carbonyl (C=O) groups is 2. The molecule has 1 aliphatic heterocycles. The van der Waals surface area contributed by atoms with Crippen LogP contribution in [0.15, 0.2) is 84.7 Å². The van der Waals surface area contributed by atoms with Gasteiger partial charge in [0.1, 0.15) is 23.1 Å². The van der Waals surface area contributed by atoms with E-state index in [2.05, 4.69) is 63.8 Å². The zero-order valence-electron chi connectivity index (χ0n) is 32.4. The Balaban J connectivity index is 1.16. The van der Waals surface area contributed by atoms with Crippen LogP contribution in [-0.2, 0) is 41.7 Å². The van der Waals surface area contributed by atoms with E-state index in [1.807, 2.05) is 30.6 Å². The molecule has 0 saturated carbocycles. The summed E-state index contributed by atoms with van der Waals surface area (Å²) in [6.07, 6.45) is 15.5. The number of aromatic nitrogens is 2. The molecule has 3 heterocycles. The zero-order chi connectivity index (χ0) is 39.5. The van der Waals surface area contributed by atoms with Crippen LogP contribution in [-0.4, -0.2) is 57.1 Å². The molecule has 6 N–H and O–H groups in total. The zero-order valence-corrected chi connectivity index (χ0v) is 32.4. The number of nitrogens with one attached hydrogen (secondary N) is 3. The van der Waals surface area contributed by atoms with Crippen molar-refractivity contribution in [2.45, 2.75) is 70.1 Å². The summed E-state index contributed by atoms with van der Waals surface area (Å²) in [5, 5.41) is 35.2. The van der Waals surface area contributed by atoms with E-state index >= 15 is 0 Å². The topological polar surface area (TPSA) is 148 Å². The summed E-state index contributed by atoms with van der Waals surface area (Å²) < 4.78 is 5.58. The molecular weight excluding hydrogens is 715 g/mol. The van der Waals surface area contributed by atoms with Gasteiger partial charge in [-0.3, -0.25) is 9.59 Å². The highest BCUT2D eigenvalue weighted by atomic mass is 16.5. The summed E-state index contributed by atoms with van der Waals surface area (Å²) >= 11 is 0. The molecule has 3 aromatic carbocycles. The molecule has 0 saturated heterocycles. The third kappa shape index (κ3) is 8.21. The first-order valence-corrected chi connectivity index (χ1v) is 20.2. The number of aliphatic hydroxyl groups excluding tert-OH is 1. The number of aliphatic hydroxyl groups is 1. The van der Waals surface area contributed by atoms with Crippen molar-refractivity contribution < 1.29 is 29.6 Å². The van der Waals surface area contributed by atoms with Gasteiger partial charge < -0.3 is 35.3 Å². The minimum atomic E-state index is -0.514. The molecule has 57 heavy (non-hydrogen) atoms. The maximum absolute atomic E-state index is 14.7. The lowest BCUT2D eigenvalue weighted by Gasteiger charge is -2.34. The Morgan fingerprint density at radius 2 is 1.70 bits per heavy atom. The first-order valence-electron chi connectivity index (χ1n) is 20.2. The van der Waals surface area contributed by atoms with Crippen LogP contribution in [0.2, 0.25) is 0 Å². The van der Waals surface area contributed by atoms with E-state index in [0.29, 0.717) is 43.5 Å². The first-order chi connectivity index (χ1) is 27.8. The van der Waals surface area contributed by atoms with Crippen molar-refractivity contribution in [1.29, 1.82) is 0 Å². The fourth-order valence-corrected chi connectivity index (χ4v) is 9.25. The molecule has 3 unspecified atom stereocenters. The van der Waals surface area contributed by atoms with Crippen LogP contribution in [0.5, 0.6) is 17.2 Å². The number of ketones is 2. The normalized spacial score (nSPS) is 19.7. The van der Waals surface area contributed by atoms with Gasteiger partial charge in [0.25, 0.3) is 0 Å². The number of allylic oxidation sites excluding steroid dienone is 1. The smallest absolute Gasteiger partial charge is 0.161 e. The number of rotatable bonds is 6. The second-order valence-electron chi connectivity index (χ2n) is 15.9. The standard InChI is InChI=1S/C48H51N3O6/c1-57-45-24-31-9-13-38(53)27-44(55)46-37(26-42-40(16-18-49-42)41(46)23-29-7-12-33-4-2-6-43(54)39(33)14-10-29)28-51-48-34(15-17-50-48)25-35-20-30(21-36(22-31)47(45)56)8-11-32(35)5-3-19-52/h2,4,6,8,10-11,14-18,20,22,24,26,29,41,46,49-52,54,56H,3,5,7,9,12-13,19,21,23,25,27-28H2,1H3. The number of carbonyl (C=O) groups excluding carboxylic acids is 2. The Morgan fingerprint density at radius 3 is 2.56 bits per heavy atom. The number of benzene rings is 3. The van der Waals surface area contributed by atoms with Gasteiger partial charge in [0, 0.05) is 73.5 Å². The lowest BCUT2D eigenvalue weighted by atomic mass is 9.69. The number of aromatic hydroxyl groups is 2. The Kier molecular flexibility index (Phi) is 11.2. The van der Waals surface area contributed by atoms with Gasteiger partial charge in [0.15, 0.2) is 11.5 Å². The van der Waals surface area contributed by atoms with E-state index in [-0.39, 0.29) is 54.3 Å². The molecule has 9 nitrogen and oxygen atoms in total. The summed E-state index contributed by atoms with van der Waals surface area (Å²) in [5.41, 5.74) is 10.9. The van der Waals surface area contributed by atoms with E-state index in [1.54, 1.807) is 12.1 Å². The number of anilines is 1. The molecule has 294 valence electrons. The van der Waals surface area contributed by atoms with Crippen molar-refractivity contribution in [1.82, 2.24) is 9.97 Å². The lowest BCUT2D eigenvalue weighted by Crippen LogP contribution is -2.32. The molecule has 3 aliphatic rings. The average Bonchev–Trinajstić information content (AvgIpc) is 3.81. The van der Waals surface area contributed by atoms with Crippen LogP contribution in [0.3, 0.4) is 0 Å². The van der Waals surface area contributed by atoms with Gasteiger partial charge in [-0.2, -0.15) is 0 Å². The third-order valence-corrected chi connectivity index (χ3v) is 12.2. The van der Waals surface area contributed by atoms with Crippen molar-refractivity contribution in [2.24, 2.45) is 11.8 Å². The largest absolute Gasteiger partial charge is 0.507 e. The van der Waals surface area contributed by atoms with Crippen LogP contribution in [0.1, 0.15) is 93.8 Å².